The van der Waals surface area contributed by atoms with Crippen LogP contribution in [0.2, 0.25) is 0 Å². The van der Waals surface area contributed by atoms with Crippen molar-refractivity contribution in [3.63, 3.8) is 0 Å². The molecule has 1 saturated heterocycles. The monoisotopic (exact) mass is 471 g/mol. The van der Waals surface area contributed by atoms with Crippen molar-refractivity contribution in [2.75, 3.05) is 18.5 Å². The Morgan fingerprint density at radius 2 is 2.10 bits per heavy atom. The molecular formula is C15H20F2N3O10P. The van der Waals surface area contributed by atoms with Gasteiger partial charge in [0.05, 0.1) is 6.61 Å². The van der Waals surface area contributed by atoms with Crippen LogP contribution in [0, 0.1) is 0 Å². The van der Waals surface area contributed by atoms with Gasteiger partial charge in [-0.25, -0.2) is 9.36 Å². The third-order valence-corrected chi connectivity index (χ3v) is 4.44. The van der Waals surface area contributed by atoms with E-state index in [9.17, 15) is 32.8 Å². The molecule has 1 aromatic rings. The number of nitrogens with one attached hydrogen (secondary N) is 1. The zero-order valence-electron chi connectivity index (χ0n) is 16.0. The van der Waals surface area contributed by atoms with Gasteiger partial charge in [0, 0.05) is 12.6 Å². The quantitative estimate of drug-likeness (QED) is 0.269. The zero-order valence-corrected chi connectivity index (χ0v) is 16.9. The van der Waals surface area contributed by atoms with E-state index in [0.29, 0.717) is 11.0 Å². The fourth-order valence-electron chi connectivity index (χ4n) is 2.54. The van der Waals surface area contributed by atoms with E-state index in [0.717, 1.165) is 12.3 Å². The summed E-state index contributed by atoms with van der Waals surface area (Å²) in [6.07, 6.45) is -5.29. The number of aliphatic hydroxyl groups excluding tert-OH is 1. The second-order valence-electron chi connectivity index (χ2n) is 6.39. The summed E-state index contributed by atoms with van der Waals surface area (Å²) in [4.78, 5) is 55.8. The van der Waals surface area contributed by atoms with E-state index in [-0.39, 0.29) is 12.2 Å². The van der Waals surface area contributed by atoms with E-state index in [1.807, 2.05) is 0 Å². The molecule has 0 bridgehead atoms. The number of halogens is 2. The van der Waals surface area contributed by atoms with Gasteiger partial charge in [-0.2, -0.15) is 13.8 Å². The Morgan fingerprint density at radius 3 is 2.68 bits per heavy atom. The number of nitrogens with zero attached hydrogens (tertiary/aromatic N) is 2. The third-order valence-electron chi connectivity index (χ3n) is 3.95. The number of phosphoric ester groups is 1. The van der Waals surface area contributed by atoms with Gasteiger partial charge in [-0.15, -0.1) is 0 Å². The number of hydrogen-bond acceptors (Lipinski definition) is 9. The van der Waals surface area contributed by atoms with Crippen LogP contribution < -0.4 is 11.0 Å². The first kappa shape index (κ1) is 25.0. The number of phosphoric acid groups is 1. The largest absolute Gasteiger partial charge is 0.469 e. The topological polar surface area (TPSA) is 187 Å². The summed E-state index contributed by atoms with van der Waals surface area (Å²) in [7, 11) is -5.01. The van der Waals surface area contributed by atoms with E-state index >= 15 is 0 Å². The number of hydrogen-bond donors (Lipinski definition) is 4. The summed E-state index contributed by atoms with van der Waals surface area (Å²) >= 11 is 0. The van der Waals surface area contributed by atoms with Crippen LogP contribution >= 0.6 is 7.82 Å². The van der Waals surface area contributed by atoms with Gasteiger partial charge in [-0.05, 0) is 12.5 Å². The Bertz CT molecular complexity index is 921. The molecule has 13 nitrogen and oxygen atoms in total. The summed E-state index contributed by atoms with van der Waals surface area (Å²) in [6.45, 7) is 0.0369. The molecule has 0 aliphatic carbocycles. The molecular weight excluding hydrogens is 451 g/mol. The van der Waals surface area contributed by atoms with Gasteiger partial charge in [-0.3, -0.25) is 18.7 Å². The molecule has 1 aliphatic rings. The van der Waals surface area contributed by atoms with E-state index < -0.39 is 63.0 Å². The number of carbonyl (C=O) groups is 2. The Labute approximate surface area is 173 Å². The maximum absolute atomic E-state index is 14.4. The molecule has 0 unspecified atom stereocenters. The molecule has 4 N–H and O–H groups in total. The molecule has 1 aromatic heterocycles. The van der Waals surface area contributed by atoms with Crippen molar-refractivity contribution in [1.82, 2.24) is 9.55 Å². The highest BCUT2D eigenvalue weighted by Crippen LogP contribution is 2.44. The highest BCUT2D eigenvalue weighted by Gasteiger charge is 2.60. The first-order valence-electron chi connectivity index (χ1n) is 8.81. The van der Waals surface area contributed by atoms with Crippen LogP contribution in [-0.4, -0.2) is 67.7 Å². The summed E-state index contributed by atoms with van der Waals surface area (Å²) < 4.78 is 53.4. The molecule has 1 fully saturated rings. The van der Waals surface area contributed by atoms with Gasteiger partial charge in [-0.1, -0.05) is 6.92 Å². The average molecular weight is 471 g/mol. The molecule has 0 spiro atoms. The summed E-state index contributed by atoms with van der Waals surface area (Å²) in [5.74, 6) is -5.77. The first-order chi connectivity index (χ1) is 14.3. The Hall–Kier alpha value is -2.29. The Morgan fingerprint density at radius 1 is 1.42 bits per heavy atom. The highest BCUT2D eigenvalue weighted by molar-refractivity contribution is 7.46. The second-order valence-corrected chi connectivity index (χ2v) is 7.63. The minimum Gasteiger partial charge on any atom is -0.456 e. The fourth-order valence-corrected chi connectivity index (χ4v) is 2.88. The molecule has 31 heavy (non-hydrogen) atoms. The smallest absolute Gasteiger partial charge is 0.456 e. The van der Waals surface area contributed by atoms with Gasteiger partial charge in [0.2, 0.25) is 6.23 Å². The van der Waals surface area contributed by atoms with Gasteiger partial charge in [0.25, 0.3) is 5.91 Å². The maximum Gasteiger partial charge on any atom is 0.469 e. The average Bonchev–Trinajstić information content (AvgIpc) is 2.88. The molecule has 1 amide bonds. The number of alkyl halides is 2. The number of ether oxygens (including phenoxy) is 2. The first-order valence-corrected chi connectivity index (χ1v) is 10.3. The minimum absolute atomic E-state index is 0.114. The molecule has 174 valence electrons. The lowest BCUT2D eigenvalue weighted by atomic mass is 10.1. The number of anilines is 1. The molecule has 2 heterocycles. The molecule has 3 atom stereocenters. The summed E-state index contributed by atoms with van der Waals surface area (Å²) in [6, 6.07) is 0.985. The van der Waals surface area contributed by atoms with Crippen molar-refractivity contribution < 1.29 is 51.8 Å². The number of esters is 1. The van der Waals surface area contributed by atoms with Crippen molar-refractivity contribution in [2.24, 2.45) is 0 Å². The Kier molecular flexibility index (Phi) is 7.97. The fraction of sp³-hybridized carbons (Fsp3) is 0.600. The van der Waals surface area contributed by atoms with Crippen LogP contribution in [-0.2, 0) is 28.2 Å². The molecule has 0 saturated carbocycles. The predicted octanol–water partition coefficient (Wildman–Crippen LogP) is -0.472. The Balaban J connectivity index is 2.08. The second kappa shape index (κ2) is 9.89. The van der Waals surface area contributed by atoms with Crippen LogP contribution in [0.25, 0.3) is 0 Å². The zero-order chi connectivity index (χ0) is 23.4. The molecule has 1 aliphatic heterocycles. The van der Waals surface area contributed by atoms with Crippen molar-refractivity contribution in [2.45, 2.75) is 44.1 Å². The molecule has 2 rings (SSSR count). The van der Waals surface area contributed by atoms with Gasteiger partial charge >= 0.3 is 25.4 Å². The molecule has 16 heteroatoms. The van der Waals surface area contributed by atoms with Crippen molar-refractivity contribution in [3.05, 3.63) is 22.7 Å². The van der Waals surface area contributed by atoms with Gasteiger partial charge < -0.3 is 29.7 Å². The van der Waals surface area contributed by atoms with Gasteiger partial charge in [0.15, 0.2) is 12.7 Å². The van der Waals surface area contributed by atoms with Crippen LogP contribution in [0.4, 0.5) is 14.6 Å². The van der Waals surface area contributed by atoms with E-state index in [4.69, 9.17) is 14.5 Å². The lowest BCUT2D eigenvalue weighted by Crippen LogP contribution is -2.42. The highest BCUT2D eigenvalue weighted by atomic mass is 31.2. The normalized spacial score (nSPS) is 22.8. The third kappa shape index (κ3) is 6.59. The van der Waals surface area contributed by atoms with Crippen LogP contribution in [0.5, 0.6) is 0 Å². The number of amides is 1. The number of carbonyl (C=O) groups excluding carboxylic acids is 2. The van der Waals surface area contributed by atoms with E-state index in [1.54, 1.807) is 6.92 Å². The van der Waals surface area contributed by atoms with Crippen molar-refractivity contribution in [1.29, 1.82) is 0 Å². The maximum atomic E-state index is 14.4. The number of rotatable bonds is 9. The van der Waals surface area contributed by atoms with Crippen LogP contribution in [0.15, 0.2) is 17.1 Å². The standard InChI is InChI=1S/C15H20F2N3O10P/c1-2-3-11(22)28-7-10(21)18-9-4-5-20(14(24)19-9)13-15(16,17)12(23)8(30-13)6-29-31(25,26)27/h4-5,8,12-13,23H,2-3,6-7H2,1H3,(H2,25,26,27)(H,18,19,21,24)/t8-,12-,13-/m1/s1. The summed E-state index contributed by atoms with van der Waals surface area (Å²) in [5.41, 5.74) is -1.28. The number of aliphatic hydroxyl groups is 1. The van der Waals surface area contributed by atoms with Crippen molar-refractivity contribution in [3.8, 4) is 0 Å². The van der Waals surface area contributed by atoms with Crippen LogP contribution in [0.3, 0.4) is 0 Å². The summed E-state index contributed by atoms with van der Waals surface area (Å²) in [5, 5.41) is 11.9. The van der Waals surface area contributed by atoms with Gasteiger partial charge in [0.1, 0.15) is 11.9 Å². The number of aromatic nitrogens is 2. The predicted molar refractivity (Wildman–Crippen MR) is 95.9 cm³/mol. The van der Waals surface area contributed by atoms with E-state index in [2.05, 4.69) is 19.6 Å². The molecule has 0 aromatic carbocycles. The van der Waals surface area contributed by atoms with Crippen molar-refractivity contribution >= 4 is 25.5 Å². The molecule has 0 radical (unpaired) electrons. The van der Waals surface area contributed by atoms with E-state index in [1.165, 1.54) is 0 Å². The minimum atomic E-state index is -5.01. The lowest BCUT2D eigenvalue weighted by molar-refractivity contribution is -0.147. The van der Waals surface area contributed by atoms with Crippen LogP contribution in [0.1, 0.15) is 26.0 Å². The lowest BCUT2D eigenvalue weighted by Gasteiger charge is -2.21. The SMILES string of the molecule is CCCC(=O)OCC(=O)Nc1ccn([C@@H]2O[C@H](COP(=O)(O)O)[C@@H](O)C2(F)F)c(=O)n1.